The minimum absolute atomic E-state index is 0.845. The number of carbonyl (C=O) groups excluding carboxylic acids is 2. The summed E-state index contributed by atoms with van der Waals surface area (Å²) in [7, 11) is 0. The van der Waals surface area contributed by atoms with Gasteiger partial charge >= 0.3 is 11.9 Å². The van der Waals surface area contributed by atoms with Gasteiger partial charge in [0.15, 0.2) is 5.79 Å². The van der Waals surface area contributed by atoms with Crippen molar-refractivity contribution in [3.8, 4) is 0 Å². The Balaban J connectivity index is 5.15. The van der Waals surface area contributed by atoms with Crippen LogP contribution in [0.5, 0.6) is 0 Å². The minimum Gasteiger partial charge on any atom is -0.459 e. The highest BCUT2D eigenvalue weighted by Crippen LogP contribution is 2.23. The molecule has 6 nitrogen and oxygen atoms in total. The molecule has 0 heterocycles. The first kappa shape index (κ1) is 17.9. The lowest BCUT2D eigenvalue weighted by Gasteiger charge is -2.30. The highest BCUT2D eigenvalue weighted by Gasteiger charge is 2.46. The third kappa shape index (κ3) is 7.12. The summed E-state index contributed by atoms with van der Waals surface area (Å²) in [6, 6.07) is 0. The van der Waals surface area contributed by atoms with E-state index in [0.29, 0.717) is 0 Å². The van der Waals surface area contributed by atoms with Gasteiger partial charge in [-0.3, -0.25) is 9.59 Å². The zero-order chi connectivity index (χ0) is 15.6. The molecule has 0 bridgehead atoms. The van der Waals surface area contributed by atoms with Crippen LogP contribution in [-0.2, 0) is 19.1 Å². The van der Waals surface area contributed by atoms with Crippen molar-refractivity contribution >= 4 is 11.9 Å². The van der Waals surface area contributed by atoms with Gasteiger partial charge in [0.05, 0.1) is 0 Å². The summed E-state index contributed by atoms with van der Waals surface area (Å²) in [5, 5.41) is 19.1. The van der Waals surface area contributed by atoms with E-state index >= 15 is 0 Å². The van der Waals surface area contributed by atoms with Gasteiger partial charge in [-0.05, 0) is 48.5 Å². The number of rotatable bonds is 3. The molecule has 0 rings (SSSR count). The summed E-state index contributed by atoms with van der Waals surface area (Å²) >= 11 is 0. The monoisotopic (exact) mass is 276 g/mol. The lowest BCUT2D eigenvalue weighted by Crippen LogP contribution is -2.49. The molecule has 19 heavy (non-hydrogen) atoms. The molecular weight excluding hydrogens is 252 g/mol. The molecule has 0 amide bonds. The topological polar surface area (TPSA) is 93.1 Å². The first-order valence-corrected chi connectivity index (χ1v) is 6.04. The van der Waals surface area contributed by atoms with Crippen LogP contribution in [0.15, 0.2) is 0 Å². The van der Waals surface area contributed by atoms with Gasteiger partial charge in [-0.1, -0.05) is 0 Å². The quantitative estimate of drug-likeness (QED) is 0.453. The summed E-state index contributed by atoms with van der Waals surface area (Å²) in [6.07, 6.45) is 0. The average Bonchev–Trinajstić information content (AvgIpc) is 1.90. The highest BCUT2D eigenvalue weighted by atomic mass is 16.6. The Morgan fingerprint density at radius 3 is 1.21 bits per heavy atom. The van der Waals surface area contributed by atoms with Crippen molar-refractivity contribution < 1.29 is 29.3 Å². The second kappa shape index (κ2) is 5.46. The maximum atomic E-state index is 11.9. The predicted molar refractivity (Wildman–Crippen MR) is 68.0 cm³/mol. The second-order valence-electron chi connectivity index (χ2n) is 6.59. The number of ether oxygens (including phenoxy) is 2. The molecule has 0 unspecified atom stereocenters. The smallest absolute Gasteiger partial charge is 0.326 e. The Morgan fingerprint density at radius 1 is 0.789 bits per heavy atom. The first-order valence-electron chi connectivity index (χ1n) is 6.04. The third-order valence-corrected chi connectivity index (χ3v) is 1.83. The van der Waals surface area contributed by atoms with Gasteiger partial charge in [-0.2, -0.15) is 0 Å². The molecule has 0 saturated heterocycles. The van der Waals surface area contributed by atoms with Crippen molar-refractivity contribution in [1.29, 1.82) is 0 Å². The zero-order valence-corrected chi connectivity index (χ0v) is 12.6. The highest BCUT2D eigenvalue weighted by molar-refractivity contribution is 5.96. The van der Waals surface area contributed by atoms with Crippen molar-refractivity contribution in [1.82, 2.24) is 0 Å². The largest absolute Gasteiger partial charge is 0.459 e. The van der Waals surface area contributed by atoms with Crippen molar-refractivity contribution in [3.63, 3.8) is 0 Å². The SMILES string of the molecule is CC(C)(C)OC(=O)C(C(=O)OC(C)(C)C)C(C)(O)O. The van der Waals surface area contributed by atoms with E-state index in [4.69, 9.17) is 9.47 Å². The molecule has 0 aromatic heterocycles. The molecule has 0 aliphatic carbocycles. The molecular formula is C13H24O6. The molecule has 0 fully saturated rings. The van der Waals surface area contributed by atoms with Crippen LogP contribution in [0.1, 0.15) is 48.5 Å². The molecule has 0 radical (unpaired) electrons. The van der Waals surface area contributed by atoms with Crippen LogP contribution >= 0.6 is 0 Å². The van der Waals surface area contributed by atoms with Crippen LogP contribution in [0.4, 0.5) is 0 Å². The van der Waals surface area contributed by atoms with Gasteiger partial charge in [-0.15, -0.1) is 0 Å². The van der Waals surface area contributed by atoms with E-state index < -0.39 is 34.8 Å². The zero-order valence-electron chi connectivity index (χ0n) is 12.6. The Labute approximate surface area is 113 Å². The molecule has 112 valence electrons. The molecule has 0 aromatic carbocycles. The summed E-state index contributed by atoms with van der Waals surface area (Å²) < 4.78 is 10.0. The van der Waals surface area contributed by atoms with E-state index in [1.165, 1.54) is 0 Å². The minimum atomic E-state index is -2.55. The first-order chi connectivity index (χ1) is 8.13. The lowest BCUT2D eigenvalue weighted by molar-refractivity contribution is -0.220. The van der Waals surface area contributed by atoms with Crippen molar-refractivity contribution in [2.24, 2.45) is 5.92 Å². The fourth-order valence-corrected chi connectivity index (χ4v) is 1.26. The number of carbonyl (C=O) groups is 2. The predicted octanol–water partition coefficient (Wildman–Crippen LogP) is 0.987. The summed E-state index contributed by atoms with van der Waals surface area (Å²) in [5.74, 6) is -6.43. The Bertz CT molecular complexity index is 312. The number of aliphatic hydroxyl groups is 2. The molecule has 0 aliphatic heterocycles. The van der Waals surface area contributed by atoms with Gasteiger partial charge in [0.2, 0.25) is 5.92 Å². The van der Waals surface area contributed by atoms with Gasteiger partial charge in [-0.25, -0.2) is 0 Å². The molecule has 0 atom stereocenters. The van der Waals surface area contributed by atoms with E-state index in [2.05, 4.69) is 0 Å². The van der Waals surface area contributed by atoms with Gasteiger partial charge in [0.1, 0.15) is 11.2 Å². The van der Waals surface area contributed by atoms with Gasteiger partial charge in [0, 0.05) is 0 Å². The third-order valence-electron chi connectivity index (χ3n) is 1.83. The van der Waals surface area contributed by atoms with Crippen molar-refractivity contribution in [2.45, 2.75) is 65.5 Å². The maximum Gasteiger partial charge on any atom is 0.326 e. The van der Waals surface area contributed by atoms with Gasteiger partial charge < -0.3 is 19.7 Å². The van der Waals surface area contributed by atoms with E-state index in [0.717, 1.165) is 6.92 Å². The van der Waals surface area contributed by atoms with Crippen LogP contribution in [-0.4, -0.2) is 39.1 Å². The molecule has 0 aliphatic rings. The average molecular weight is 276 g/mol. The Hall–Kier alpha value is -1.14. The van der Waals surface area contributed by atoms with Crippen molar-refractivity contribution in [3.05, 3.63) is 0 Å². The number of esters is 2. The van der Waals surface area contributed by atoms with Crippen LogP contribution in [0, 0.1) is 5.92 Å². The fraction of sp³-hybridized carbons (Fsp3) is 0.846. The normalized spacial score (nSPS) is 13.4. The van der Waals surface area contributed by atoms with Crippen LogP contribution in [0.3, 0.4) is 0 Å². The molecule has 0 saturated carbocycles. The molecule has 0 aromatic rings. The number of hydrogen-bond acceptors (Lipinski definition) is 6. The summed E-state index contributed by atoms with van der Waals surface area (Å²) in [4.78, 5) is 23.8. The summed E-state index contributed by atoms with van der Waals surface area (Å²) in [6.45, 7) is 10.6. The second-order valence-corrected chi connectivity index (χ2v) is 6.59. The van der Waals surface area contributed by atoms with Crippen LogP contribution < -0.4 is 0 Å². The lowest BCUT2D eigenvalue weighted by atomic mass is 9.99. The van der Waals surface area contributed by atoms with Crippen molar-refractivity contribution in [2.75, 3.05) is 0 Å². The van der Waals surface area contributed by atoms with Gasteiger partial charge in [0.25, 0.3) is 0 Å². The number of hydrogen-bond donors (Lipinski definition) is 2. The Kier molecular flexibility index (Phi) is 5.14. The van der Waals surface area contributed by atoms with E-state index in [9.17, 15) is 19.8 Å². The maximum absolute atomic E-state index is 11.9. The Morgan fingerprint density at radius 2 is 1.05 bits per heavy atom. The van der Waals surface area contributed by atoms with E-state index in [1.807, 2.05) is 0 Å². The van der Waals surface area contributed by atoms with Crippen LogP contribution in [0.25, 0.3) is 0 Å². The summed E-state index contributed by atoms with van der Waals surface area (Å²) in [5.41, 5.74) is -1.69. The standard InChI is InChI=1S/C13H24O6/c1-11(2,3)18-9(14)8(13(7,16)17)10(15)19-12(4,5)6/h8,16-17H,1-7H3. The van der Waals surface area contributed by atoms with Crippen LogP contribution in [0.2, 0.25) is 0 Å². The molecule has 0 spiro atoms. The molecule has 2 N–H and O–H groups in total. The van der Waals surface area contributed by atoms with E-state index in [-0.39, 0.29) is 0 Å². The van der Waals surface area contributed by atoms with E-state index in [1.54, 1.807) is 41.5 Å². The fourth-order valence-electron chi connectivity index (χ4n) is 1.26. The molecule has 6 heteroatoms.